The lowest BCUT2D eigenvalue weighted by Gasteiger charge is -2.25. The fourth-order valence-electron chi connectivity index (χ4n) is 2.93. The molecule has 0 bridgehead atoms. The summed E-state index contributed by atoms with van der Waals surface area (Å²) in [4.78, 5) is 0. The number of nitriles is 1. The second-order valence-electron chi connectivity index (χ2n) is 5.59. The first-order chi connectivity index (χ1) is 9.60. The van der Waals surface area contributed by atoms with Crippen molar-refractivity contribution < 1.29 is 0 Å². The third-order valence-corrected chi connectivity index (χ3v) is 4.25. The van der Waals surface area contributed by atoms with E-state index >= 15 is 0 Å². The molecule has 0 radical (unpaired) electrons. The van der Waals surface area contributed by atoms with E-state index in [0.29, 0.717) is 28.3 Å². The summed E-state index contributed by atoms with van der Waals surface area (Å²) in [5, 5.41) is 20.6. The van der Waals surface area contributed by atoms with Crippen LogP contribution in [0.1, 0.15) is 44.6 Å². The van der Waals surface area contributed by atoms with Crippen LogP contribution in [-0.2, 0) is 0 Å². The van der Waals surface area contributed by atoms with E-state index in [1.165, 1.54) is 25.7 Å². The van der Waals surface area contributed by atoms with Gasteiger partial charge in [0.15, 0.2) is 0 Å². The van der Waals surface area contributed by atoms with Crippen LogP contribution in [0.15, 0.2) is 18.2 Å². The molecule has 0 amide bonds. The van der Waals surface area contributed by atoms with Crippen molar-refractivity contribution in [1.82, 2.24) is 0 Å². The summed E-state index contributed by atoms with van der Waals surface area (Å²) in [6, 6.07) is 7.81. The number of nitrogens with zero attached hydrogens (tertiary/aromatic N) is 1. The van der Waals surface area contributed by atoms with Gasteiger partial charge in [-0.15, -0.1) is 0 Å². The van der Waals surface area contributed by atoms with Crippen LogP contribution in [0, 0.1) is 22.7 Å². The largest absolute Gasteiger partial charge is 0.382 e. The average Bonchev–Trinajstić information content (AvgIpc) is 2.91. The summed E-state index contributed by atoms with van der Waals surface area (Å²) >= 11 is 6.07. The molecule has 20 heavy (non-hydrogen) atoms. The first-order valence-corrected chi connectivity index (χ1v) is 7.48. The Morgan fingerprint density at radius 3 is 2.75 bits per heavy atom. The third kappa shape index (κ3) is 3.74. The van der Waals surface area contributed by atoms with Gasteiger partial charge >= 0.3 is 0 Å². The molecule has 1 atom stereocenters. The Morgan fingerprint density at radius 1 is 1.50 bits per heavy atom. The van der Waals surface area contributed by atoms with Gasteiger partial charge in [0.2, 0.25) is 0 Å². The van der Waals surface area contributed by atoms with E-state index in [4.69, 9.17) is 22.3 Å². The number of halogens is 1. The van der Waals surface area contributed by atoms with Crippen LogP contribution in [0.25, 0.3) is 0 Å². The molecule has 2 rings (SSSR count). The maximum absolute atomic E-state index is 8.90. The molecule has 0 saturated heterocycles. The molecule has 0 aliphatic heterocycles. The van der Waals surface area contributed by atoms with Gasteiger partial charge < -0.3 is 10.7 Å². The molecule has 1 aromatic rings. The summed E-state index contributed by atoms with van der Waals surface area (Å²) in [5.41, 5.74) is 2.14. The Balaban J connectivity index is 2.12. The molecule has 1 saturated carbocycles. The minimum absolute atomic E-state index is 0.291. The summed E-state index contributed by atoms with van der Waals surface area (Å²) in [6.45, 7) is 1.86. The number of benzene rings is 1. The van der Waals surface area contributed by atoms with Crippen LogP contribution in [0.4, 0.5) is 5.69 Å². The Morgan fingerprint density at radius 2 is 2.20 bits per heavy atom. The first kappa shape index (κ1) is 14.9. The lowest BCUT2D eigenvalue weighted by Crippen LogP contribution is -2.29. The van der Waals surface area contributed by atoms with Gasteiger partial charge in [-0.1, -0.05) is 24.4 Å². The molecule has 106 valence electrons. The quantitative estimate of drug-likeness (QED) is 0.778. The molecular weight excluding hydrogens is 270 g/mol. The summed E-state index contributed by atoms with van der Waals surface area (Å²) in [7, 11) is 0. The zero-order valence-electron chi connectivity index (χ0n) is 11.7. The van der Waals surface area contributed by atoms with E-state index in [0.717, 1.165) is 12.1 Å². The number of anilines is 1. The standard InChI is InChI=1S/C16H20ClN3/c1-11(19)8-16(12-4-2-3-5-12)20-14-7-6-13(10-18)15(17)9-14/h6-7,9,12,16,19-20H,2-5,8H2,1H3. The predicted octanol–water partition coefficient (Wildman–Crippen LogP) is 4.61. The van der Waals surface area contributed by atoms with E-state index in [9.17, 15) is 0 Å². The summed E-state index contributed by atoms with van der Waals surface area (Å²) in [5.74, 6) is 0.629. The van der Waals surface area contributed by atoms with Gasteiger partial charge in [-0.2, -0.15) is 5.26 Å². The van der Waals surface area contributed by atoms with Crippen molar-refractivity contribution in [2.24, 2.45) is 5.92 Å². The zero-order valence-corrected chi connectivity index (χ0v) is 12.5. The molecule has 0 heterocycles. The van der Waals surface area contributed by atoms with Crippen molar-refractivity contribution in [1.29, 1.82) is 10.7 Å². The van der Waals surface area contributed by atoms with Crippen LogP contribution in [0.2, 0.25) is 5.02 Å². The molecule has 1 aliphatic rings. The predicted molar refractivity (Wildman–Crippen MR) is 83.6 cm³/mol. The highest BCUT2D eigenvalue weighted by Crippen LogP contribution is 2.31. The second-order valence-corrected chi connectivity index (χ2v) is 5.99. The first-order valence-electron chi connectivity index (χ1n) is 7.10. The lowest BCUT2D eigenvalue weighted by atomic mass is 9.93. The van der Waals surface area contributed by atoms with Crippen molar-refractivity contribution in [3.8, 4) is 6.07 Å². The Bertz CT molecular complexity index is 527. The fraction of sp³-hybridized carbons (Fsp3) is 0.500. The maximum Gasteiger partial charge on any atom is 0.101 e. The smallest absolute Gasteiger partial charge is 0.101 e. The van der Waals surface area contributed by atoms with E-state index in [1.807, 2.05) is 13.0 Å². The van der Waals surface area contributed by atoms with E-state index < -0.39 is 0 Å². The maximum atomic E-state index is 8.90. The van der Waals surface area contributed by atoms with Gasteiger partial charge in [0.1, 0.15) is 6.07 Å². The van der Waals surface area contributed by atoms with Crippen molar-refractivity contribution in [3.63, 3.8) is 0 Å². The lowest BCUT2D eigenvalue weighted by molar-refractivity contribution is 0.465. The van der Waals surface area contributed by atoms with Crippen LogP contribution in [0.5, 0.6) is 0 Å². The topological polar surface area (TPSA) is 59.7 Å². The molecule has 3 nitrogen and oxygen atoms in total. The number of rotatable bonds is 5. The van der Waals surface area contributed by atoms with Gasteiger partial charge in [0.25, 0.3) is 0 Å². The van der Waals surface area contributed by atoms with Gasteiger partial charge in [-0.05, 0) is 43.9 Å². The molecule has 0 spiro atoms. The highest BCUT2D eigenvalue weighted by Gasteiger charge is 2.25. The molecule has 1 aromatic carbocycles. The van der Waals surface area contributed by atoms with Crippen molar-refractivity contribution in [3.05, 3.63) is 28.8 Å². The monoisotopic (exact) mass is 289 g/mol. The highest BCUT2D eigenvalue weighted by molar-refractivity contribution is 6.32. The van der Waals surface area contributed by atoms with E-state index in [-0.39, 0.29) is 0 Å². The molecular formula is C16H20ClN3. The fourth-order valence-corrected chi connectivity index (χ4v) is 3.16. The molecule has 2 N–H and O–H groups in total. The third-order valence-electron chi connectivity index (χ3n) is 3.94. The van der Waals surface area contributed by atoms with Crippen LogP contribution >= 0.6 is 11.6 Å². The Hall–Kier alpha value is -1.53. The van der Waals surface area contributed by atoms with Gasteiger partial charge in [0.05, 0.1) is 10.6 Å². The Labute approximate surface area is 125 Å². The van der Waals surface area contributed by atoms with E-state index in [1.54, 1.807) is 12.1 Å². The summed E-state index contributed by atoms with van der Waals surface area (Å²) in [6.07, 6.45) is 5.80. The SMILES string of the molecule is CC(=N)CC(Nc1ccc(C#N)c(Cl)c1)C1CCCC1. The number of hydrogen-bond acceptors (Lipinski definition) is 3. The van der Waals surface area contributed by atoms with Crippen LogP contribution in [-0.4, -0.2) is 11.8 Å². The van der Waals surface area contributed by atoms with E-state index in [2.05, 4.69) is 11.4 Å². The van der Waals surface area contributed by atoms with Gasteiger partial charge in [0, 0.05) is 23.9 Å². The zero-order chi connectivity index (χ0) is 14.5. The van der Waals surface area contributed by atoms with Crippen LogP contribution < -0.4 is 5.32 Å². The van der Waals surface area contributed by atoms with Crippen molar-refractivity contribution >= 4 is 23.0 Å². The second kappa shape index (κ2) is 6.76. The van der Waals surface area contributed by atoms with Gasteiger partial charge in [-0.3, -0.25) is 0 Å². The number of nitrogens with one attached hydrogen (secondary N) is 2. The number of hydrogen-bond donors (Lipinski definition) is 2. The molecule has 1 fully saturated rings. The highest BCUT2D eigenvalue weighted by atomic mass is 35.5. The molecule has 1 unspecified atom stereocenters. The van der Waals surface area contributed by atoms with Gasteiger partial charge in [-0.25, -0.2) is 0 Å². The molecule has 0 aromatic heterocycles. The van der Waals surface area contributed by atoms with Crippen molar-refractivity contribution in [2.75, 3.05) is 5.32 Å². The summed E-state index contributed by atoms with van der Waals surface area (Å²) < 4.78 is 0. The molecule has 1 aliphatic carbocycles. The minimum Gasteiger partial charge on any atom is -0.382 e. The normalized spacial score (nSPS) is 16.6. The van der Waals surface area contributed by atoms with Crippen molar-refractivity contribution in [2.45, 2.75) is 45.1 Å². The minimum atomic E-state index is 0.291. The Kier molecular flexibility index (Phi) is 5.03. The molecule has 4 heteroatoms. The average molecular weight is 290 g/mol. The van der Waals surface area contributed by atoms with Crippen LogP contribution in [0.3, 0.4) is 0 Å².